The van der Waals surface area contributed by atoms with Crippen molar-refractivity contribution in [2.45, 2.75) is 77.5 Å². The smallest absolute Gasteiger partial charge is 0.239 e. The molecule has 0 bridgehead atoms. The van der Waals surface area contributed by atoms with Gasteiger partial charge in [-0.1, -0.05) is 0 Å². The summed E-state index contributed by atoms with van der Waals surface area (Å²) < 4.78 is 11.6. The number of hydrogen-bond donors (Lipinski definition) is 1. The highest BCUT2D eigenvalue weighted by Crippen LogP contribution is 2.30. The van der Waals surface area contributed by atoms with Gasteiger partial charge in [0.15, 0.2) is 12.1 Å². The number of hydrogen-bond acceptors (Lipinski definition) is 7. The van der Waals surface area contributed by atoms with E-state index in [2.05, 4.69) is 10.3 Å². The van der Waals surface area contributed by atoms with Gasteiger partial charge >= 0.3 is 0 Å². The molecule has 1 atom stereocenters. The molecule has 34 heavy (non-hydrogen) atoms. The maximum absolute atomic E-state index is 12.5. The van der Waals surface area contributed by atoms with Gasteiger partial charge < -0.3 is 19.7 Å². The summed E-state index contributed by atoms with van der Waals surface area (Å²) in [6, 6.07) is 4.05. The van der Waals surface area contributed by atoms with Gasteiger partial charge in [-0.25, -0.2) is 9.97 Å². The number of aromatic nitrogens is 3. The van der Waals surface area contributed by atoms with Gasteiger partial charge in [-0.2, -0.15) is 0 Å². The van der Waals surface area contributed by atoms with Gasteiger partial charge in [0.1, 0.15) is 11.5 Å². The molecule has 2 aromatic rings. The van der Waals surface area contributed by atoms with Crippen molar-refractivity contribution in [3.05, 3.63) is 35.2 Å². The van der Waals surface area contributed by atoms with Crippen molar-refractivity contribution >= 4 is 11.7 Å². The highest BCUT2D eigenvalue weighted by Gasteiger charge is 2.24. The van der Waals surface area contributed by atoms with E-state index in [4.69, 9.17) is 19.4 Å². The first kappa shape index (κ1) is 24.5. The predicted octanol–water partition coefficient (Wildman–Crippen LogP) is 3.46. The van der Waals surface area contributed by atoms with Crippen LogP contribution in [0.3, 0.4) is 0 Å². The minimum absolute atomic E-state index is 0.0241. The molecule has 4 rings (SSSR count). The second kappa shape index (κ2) is 10.8. The van der Waals surface area contributed by atoms with Crippen molar-refractivity contribution < 1.29 is 14.3 Å². The molecule has 1 fully saturated rings. The molecule has 8 nitrogen and oxygen atoms in total. The van der Waals surface area contributed by atoms with Crippen LogP contribution in [-0.2, 0) is 33.5 Å². The van der Waals surface area contributed by atoms with E-state index in [1.807, 2.05) is 44.9 Å². The highest BCUT2D eigenvalue weighted by molar-refractivity contribution is 5.82. The summed E-state index contributed by atoms with van der Waals surface area (Å²) >= 11 is 0. The summed E-state index contributed by atoms with van der Waals surface area (Å²) in [4.78, 5) is 28.7. The Hall–Kier alpha value is -2.58. The average Bonchev–Trinajstić information content (AvgIpc) is 3.27. The third kappa shape index (κ3) is 6.51. The van der Waals surface area contributed by atoms with Crippen molar-refractivity contribution in [1.29, 1.82) is 0 Å². The predicted molar refractivity (Wildman–Crippen MR) is 132 cm³/mol. The van der Waals surface area contributed by atoms with Crippen LogP contribution in [0.25, 0.3) is 11.5 Å². The first-order chi connectivity index (χ1) is 16.3. The fourth-order valence-electron chi connectivity index (χ4n) is 4.49. The zero-order chi connectivity index (χ0) is 24.1. The largest absolute Gasteiger partial charge is 0.353 e. The molecule has 2 aliphatic rings. The third-order valence-corrected chi connectivity index (χ3v) is 6.05. The van der Waals surface area contributed by atoms with Crippen LogP contribution in [0.4, 0.5) is 5.82 Å². The van der Waals surface area contributed by atoms with E-state index in [9.17, 15) is 4.79 Å². The number of likely N-dealkylation sites (N-methyl/N-ethyl adjacent to an activating group) is 1. The van der Waals surface area contributed by atoms with Crippen LogP contribution in [0.2, 0.25) is 0 Å². The minimum Gasteiger partial charge on any atom is -0.353 e. The van der Waals surface area contributed by atoms with Crippen LogP contribution >= 0.6 is 0 Å². The fraction of sp³-hybridized carbons (Fsp3) is 0.615. The van der Waals surface area contributed by atoms with E-state index in [1.165, 1.54) is 0 Å². The number of amides is 1. The second-order valence-electron chi connectivity index (χ2n) is 10.3. The van der Waals surface area contributed by atoms with Crippen LogP contribution in [0.1, 0.15) is 63.3 Å². The molecule has 0 radical (unpaired) electrons. The van der Waals surface area contributed by atoms with E-state index >= 15 is 0 Å². The quantitative estimate of drug-likeness (QED) is 0.636. The number of nitrogens with zero attached hydrogens (tertiary/aromatic N) is 4. The number of rotatable bonds is 8. The second-order valence-corrected chi connectivity index (χ2v) is 10.3. The molecular weight excluding hydrogens is 430 g/mol. The molecule has 1 aliphatic carbocycles. The normalized spacial score (nSPS) is 17.9. The number of aryl methyl sites for hydroxylation is 1. The maximum atomic E-state index is 12.5. The molecule has 184 valence electrons. The van der Waals surface area contributed by atoms with E-state index in [1.54, 1.807) is 6.20 Å². The van der Waals surface area contributed by atoms with Crippen molar-refractivity contribution in [3.63, 3.8) is 0 Å². The molecule has 3 heterocycles. The number of anilines is 1. The Morgan fingerprint density at radius 2 is 2.09 bits per heavy atom. The van der Waals surface area contributed by atoms with E-state index in [0.29, 0.717) is 12.4 Å². The van der Waals surface area contributed by atoms with Gasteiger partial charge in [-0.15, -0.1) is 0 Å². The Bertz CT molecular complexity index is 998. The number of pyridine rings is 1. The Morgan fingerprint density at radius 3 is 2.85 bits per heavy atom. The molecule has 0 aromatic carbocycles. The molecule has 1 N–H and O–H groups in total. The lowest BCUT2D eigenvalue weighted by atomic mass is 10.1. The molecule has 1 unspecified atom stereocenters. The van der Waals surface area contributed by atoms with E-state index in [-0.39, 0.29) is 24.3 Å². The topological polar surface area (TPSA) is 89.5 Å². The first-order valence-corrected chi connectivity index (χ1v) is 12.4. The maximum Gasteiger partial charge on any atom is 0.239 e. The zero-order valence-electron chi connectivity index (χ0n) is 20.9. The lowest BCUT2D eigenvalue weighted by molar-refractivity contribution is -0.161. The van der Waals surface area contributed by atoms with E-state index < -0.39 is 0 Å². The number of nitrogens with one attached hydrogen (secondary N) is 1. The molecule has 1 amide bonds. The van der Waals surface area contributed by atoms with E-state index in [0.717, 1.165) is 79.9 Å². The summed E-state index contributed by atoms with van der Waals surface area (Å²) in [5.74, 6) is 1.41. The van der Waals surface area contributed by atoms with Crippen LogP contribution in [0.15, 0.2) is 18.3 Å². The summed E-state index contributed by atoms with van der Waals surface area (Å²) in [5.41, 5.74) is 3.81. The van der Waals surface area contributed by atoms with Gasteiger partial charge in [0.2, 0.25) is 5.91 Å². The molecule has 2 aromatic heterocycles. The molecule has 1 aliphatic heterocycles. The number of fused-ring (bicyclic) bond motifs is 1. The zero-order valence-corrected chi connectivity index (χ0v) is 20.9. The lowest BCUT2D eigenvalue weighted by Crippen LogP contribution is -2.45. The SMILES string of the molecule is CN(CC(=O)NC(C)(C)C)c1nc(-c2cc(CCOC3CCCCO3)ccn2)nc2c1CCC2. The van der Waals surface area contributed by atoms with Gasteiger partial charge in [-0.3, -0.25) is 9.78 Å². The van der Waals surface area contributed by atoms with Crippen molar-refractivity contribution in [2.75, 3.05) is 31.7 Å². The average molecular weight is 468 g/mol. The van der Waals surface area contributed by atoms with Crippen molar-refractivity contribution in [3.8, 4) is 11.5 Å². The Balaban J connectivity index is 1.48. The fourth-order valence-corrected chi connectivity index (χ4v) is 4.49. The van der Waals surface area contributed by atoms with Gasteiger partial charge in [0, 0.05) is 36.6 Å². The molecule has 1 saturated heterocycles. The summed E-state index contributed by atoms with van der Waals surface area (Å²) in [6.07, 6.45) is 8.66. The monoisotopic (exact) mass is 467 g/mol. The third-order valence-electron chi connectivity index (χ3n) is 6.05. The van der Waals surface area contributed by atoms with Crippen LogP contribution in [-0.4, -0.2) is 59.5 Å². The summed E-state index contributed by atoms with van der Waals surface area (Å²) in [7, 11) is 1.92. The van der Waals surface area contributed by atoms with Crippen LogP contribution in [0, 0.1) is 0 Å². The Labute approximate surface area is 202 Å². The molecule has 0 spiro atoms. The van der Waals surface area contributed by atoms with Crippen molar-refractivity contribution in [2.24, 2.45) is 0 Å². The number of carbonyl (C=O) groups excluding carboxylic acids is 1. The van der Waals surface area contributed by atoms with Crippen molar-refractivity contribution in [1.82, 2.24) is 20.3 Å². The lowest BCUT2D eigenvalue weighted by Gasteiger charge is -2.25. The summed E-state index contributed by atoms with van der Waals surface area (Å²) in [6.45, 7) is 7.59. The molecular formula is C26H37N5O3. The number of carbonyl (C=O) groups is 1. The summed E-state index contributed by atoms with van der Waals surface area (Å²) in [5, 5.41) is 3.03. The molecule has 8 heteroatoms. The molecule has 0 saturated carbocycles. The van der Waals surface area contributed by atoms with Gasteiger partial charge in [0.25, 0.3) is 0 Å². The van der Waals surface area contributed by atoms with Gasteiger partial charge in [-0.05, 0) is 83.4 Å². The first-order valence-electron chi connectivity index (χ1n) is 12.4. The minimum atomic E-state index is -0.270. The van der Waals surface area contributed by atoms with Gasteiger partial charge in [0.05, 0.1) is 13.2 Å². The highest BCUT2D eigenvalue weighted by atomic mass is 16.7. The van der Waals surface area contributed by atoms with Crippen LogP contribution in [0.5, 0.6) is 0 Å². The standard InChI is InChI=1S/C26H37N5O3/c1-26(2,3)30-22(32)17-31(4)25-19-8-7-9-20(19)28-24(29-25)21-16-18(11-13-27-21)12-15-34-23-10-5-6-14-33-23/h11,13,16,23H,5-10,12,14-15,17H2,1-4H3,(H,30,32). The Kier molecular flexibility index (Phi) is 7.78. The van der Waals surface area contributed by atoms with Crippen LogP contribution < -0.4 is 10.2 Å². The number of ether oxygens (including phenoxy) is 2. The Morgan fingerprint density at radius 1 is 1.24 bits per heavy atom.